The SMILES string of the molecule is CC(C)C[C@H](NC(=O)[C@H]1COc2ccccc2O1)C(=O)O. The number of para-hydroxylation sites is 2. The van der Waals surface area contributed by atoms with Gasteiger partial charge in [0.1, 0.15) is 12.6 Å². The van der Waals surface area contributed by atoms with Crippen LogP contribution in [-0.2, 0) is 9.59 Å². The number of carboxylic acid groups (broad SMARTS) is 1. The maximum atomic E-state index is 12.1. The molecule has 2 atom stereocenters. The zero-order chi connectivity index (χ0) is 15.4. The largest absolute Gasteiger partial charge is 0.485 e. The second-order valence-corrected chi connectivity index (χ2v) is 5.39. The quantitative estimate of drug-likeness (QED) is 0.858. The van der Waals surface area contributed by atoms with Crippen molar-refractivity contribution in [2.24, 2.45) is 5.92 Å². The van der Waals surface area contributed by atoms with Crippen molar-refractivity contribution in [3.63, 3.8) is 0 Å². The summed E-state index contributed by atoms with van der Waals surface area (Å²) in [4.78, 5) is 23.3. The third kappa shape index (κ3) is 3.87. The molecule has 0 fully saturated rings. The molecule has 1 amide bonds. The summed E-state index contributed by atoms with van der Waals surface area (Å²) < 4.78 is 11.0. The molecule has 1 aliphatic rings. The van der Waals surface area contributed by atoms with E-state index in [1.54, 1.807) is 18.2 Å². The highest BCUT2D eigenvalue weighted by Gasteiger charge is 2.30. The summed E-state index contributed by atoms with van der Waals surface area (Å²) in [6.45, 7) is 3.87. The molecule has 0 unspecified atom stereocenters. The molecule has 0 aromatic heterocycles. The average molecular weight is 293 g/mol. The lowest BCUT2D eigenvalue weighted by Gasteiger charge is -2.27. The first kappa shape index (κ1) is 15.2. The standard InChI is InChI=1S/C15H19NO5/c1-9(2)7-10(15(18)19)16-14(17)13-8-20-11-5-3-4-6-12(11)21-13/h3-6,9-10,13H,7-8H2,1-2H3,(H,16,17)(H,18,19)/t10-,13+/m0/s1. The fourth-order valence-electron chi connectivity index (χ4n) is 2.11. The van der Waals surface area contributed by atoms with Gasteiger partial charge in [-0.3, -0.25) is 4.79 Å². The molecule has 0 radical (unpaired) electrons. The van der Waals surface area contributed by atoms with Gasteiger partial charge >= 0.3 is 5.97 Å². The van der Waals surface area contributed by atoms with Gasteiger partial charge in [0, 0.05) is 0 Å². The van der Waals surface area contributed by atoms with Crippen LogP contribution in [-0.4, -0.2) is 35.7 Å². The molecule has 0 saturated heterocycles. The summed E-state index contributed by atoms with van der Waals surface area (Å²) in [5, 5.41) is 11.6. The minimum absolute atomic E-state index is 0.0663. The molecule has 1 heterocycles. The molecule has 6 nitrogen and oxygen atoms in total. The van der Waals surface area contributed by atoms with E-state index in [-0.39, 0.29) is 12.5 Å². The van der Waals surface area contributed by atoms with Gasteiger partial charge in [-0.25, -0.2) is 4.79 Å². The predicted molar refractivity (Wildman–Crippen MR) is 75.4 cm³/mol. The van der Waals surface area contributed by atoms with Crippen LogP contribution in [0, 0.1) is 5.92 Å². The van der Waals surface area contributed by atoms with Crippen LogP contribution in [0.15, 0.2) is 24.3 Å². The molecule has 21 heavy (non-hydrogen) atoms. The number of carbonyl (C=O) groups is 2. The van der Waals surface area contributed by atoms with Crippen molar-refractivity contribution in [1.82, 2.24) is 5.32 Å². The van der Waals surface area contributed by atoms with Crippen molar-refractivity contribution in [1.29, 1.82) is 0 Å². The molecule has 2 rings (SSSR count). The van der Waals surface area contributed by atoms with E-state index in [2.05, 4.69) is 5.32 Å². The fourth-order valence-corrected chi connectivity index (χ4v) is 2.11. The van der Waals surface area contributed by atoms with Gasteiger partial charge in [-0.05, 0) is 24.5 Å². The molecule has 0 spiro atoms. The minimum atomic E-state index is -1.05. The Morgan fingerprint density at radius 2 is 2.00 bits per heavy atom. The van der Waals surface area contributed by atoms with Crippen LogP contribution in [0.3, 0.4) is 0 Å². The van der Waals surface area contributed by atoms with Crippen molar-refractivity contribution in [3.05, 3.63) is 24.3 Å². The Morgan fingerprint density at radius 1 is 1.33 bits per heavy atom. The van der Waals surface area contributed by atoms with Crippen LogP contribution in [0.25, 0.3) is 0 Å². The average Bonchev–Trinajstić information content (AvgIpc) is 2.45. The van der Waals surface area contributed by atoms with Gasteiger partial charge in [-0.2, -0.15) is 0 Å². The third-order valence-corrected chi connectivity index (χ3v) is 3.12. The number of aliphatic carboxylic acids is 1. The van der Waals surface area contributed by atoms with Crippen LogP contribution in [0.1, 0.15) is 20.3 Å². The lowest BCUT2D eigenvalue weighted by atomic mass is 10.0. The van der Waals surface area contributed by atoms with E-state index in [9.17, 15) is 9.59 Å². The summed E-state index contributed by atoms with van der Waals surface area (Å²) in [7, 11) is 0. The van der Waals surface area contributed by atoms with Crippen LogP contribution in [0.4, 0.5) is 0 Å². The maximum absolute atomic E-state index is 12.1. The summed E-state index contributed by atoms with van der Waals surface area (Å²) in [5.41, 5.74) is 0. The van der Waals surface area contributed by atoms with Crippen LogP contribution >= 0.6 is 0 Å². The van der Waals surface area contributed by atoms with E-state index in [4.69, 9.17) is 14.6 Å². The number of rotatable bonds is 5. The molecular formula is C15H19NO5. The predicted octanol–water partition coefficient (Wildman–Crippen LogP) is 1.44. The summed E-state index contributed by atoms with van der Waals surface area (Å²) in [5.74, 6) is -0.291. The summed E-state index contributed by atoms with van der Waals surface area (Å²) >= 11 is 0. The number of amides is 1. The first-order valence-corrected chi connectivity index (χ1v) is 6.89. The van der Waals surface area contributed by atoms with E-state index >= 15 is 0 Å². The number of fused-ring (bicyclic) bond motifs is 1. The second kappa shape index (κ2) is 6.47. The fraction of sp³-hybridized carbons (Fsp3) is 0.467. The monoisotopic (exact) mass is 293 g/mol. The van der Waals surface area contributed by atoms with Crippen molar-refractivity contribution < 1.29 is 24.2 Å². The highest BCUT2D eigenvalue weighted by atomic mass is 16.6. The lowest BCUT2D eigenvalue weighted by molar-refractivity contribution is -0.144. The van der Waals surface area contributed by atoms with Crippen LogP contribution in [0.2, 0.25) is 0 Å². The normalized spacial score (nSPS) is 18.1. The molecule has 0 aliphatic carbocycles. The van der Waals surface area contributed by atoms with E-state index in [1.807, 2.05) is 19.9 Å². The smallest absolute Gasteiger partial charge is 0.326 e. The lowest BCUT2D eigenvalue weighted by Crippen LogP contribution is -2.50. The number of hydrogen-bond donors (Lipinski definition) is 2. The number of carbonyl (C=O) groups excluding carboxylic acids is 1. The molecular weight excluding hydrogens is 274 g/mol. The number of benzene rings is 1. The first-order chi connectivity index (χ1) is 9.97. The number of carboxylic acids is 1. The molecule has 0 bridgehead atoms. The molecule has 1 aliphatic heterocycles. The van der Waals surface area contributed by atoms with Gasteiger partial charge in [0.15, 0.2) is 11.5 Å². The molecule has 2 N–H and O–H groups in total. The summed E-state index contributed by atoms with van der Waals surface area (Å²) in [6, 6.07) is 6.13. The topological polar surface area (TPSA) is 84.9 Å². The van der Waals surface area contributed by atoms with Gasteiger partial charge in [0.05, 0.1) is 0 Å². The highest BCUT2D eigenvalue weighted by molar-refractivity contribution is 5.86. The van der Waals surface area contributed by atoms with Crippen molar-refractivity contribution in [3.8, 4) is 11.5 Å². The number of nitrogens with one attached hydrogen (secondary N) is 1. The molecule has 114 valence electrons. The highest BCUT2D eigenvalue weighted by Crippen LogP contribution is 2.30. The third-order valence-electron chi connectivity index (χ3n) is 3.12. The number of hydrogen-bond acceptors (Lipinski definition) is 4. The Bertz CT molecular complexity index is 529. The van der Waals surface area contributed by atoms with Crippen LogP contribution in [0.5, 0.6) is 11.5 Å². The van der Waals surface area contributed by atoms with E-state index in [1.165, 1.54) is 0 Å². The van der Waals surface area contributed by atoms with E-state index in [0.29, 0.717) is 17.9 Å². The van der Waals surface area contributed by atoms with E-state index in [0.717, 1.165) is 0 Å². The Balaban J connectivity index is 1.99. The van der Waals surface area contributed by atoms with Crippen molar-refractivity contribution in [2.45, 2.75) is 32.4 Å². The molecule has 1 aromatic carbocycles. The Labute approximate surface area is 123 Å². The first-order valence-electron chi connectivity index (χ1n) is 6.89. The Kier molecular flexibility index (Phi) is 4.67. The Morgan fingerprint density at radius 3 is 2.62 bits per heavy atom. The minimum Gasteiger partial charge on any atom is -0.485 e. The van der Waals surface area contributed by atoms with Gasteiger partial charge in [0.2, 0.25) is 6.10 Å². The van der Waals surface area contributed by atoms with Crippen LogP contribution < -0.4 is 14.8 Å². The second-order valence-electron chi connectivity index (χ2n) is 5.39. The summed E-state index contributed by atoms with van der Waals surface area (Å²) in [6.07, 6.45) is -0.473. The van der Waals surface area contributed by atoms with Crippen molar-refractivity contribution >= 4 is 11.9 Å². The van der Waals surface area contributed by atoms with Gasteiger partial charge in [-0.15, -0.1) is 0 Å². The van der Waals surface area contributed by atoms with E-state index < -0.39 is 24.0 Å². The van der Waals surface area contributed by atoms with Crippen molar-refractivity contribution in [2.75, 3.05) is 6.61 Å². The Hall–Kier alpha value is -2.24. The zero-order valence-electron chi connectivity index (χ0n) is 12.0. The molecule has 1 aromatic rings. The van der Waals surface area contributed by atoms with Gasteiger partial charge < -0.3 is 19.9 Å². The number of ether oxygens (including phenoxy) is 2. The maximum Gasteiger partial charge on any atom is 0.326 e. The van der Waals surface area contributed by atoms with Gasteiger partial charge in [-0.1, -0.05) is 26.0 Å². The zero-order valence-corrected chi connectivity index (χ0v) is 12.0. The molecule has 0 saturated carbocycles. The van der Waals surface area contributed by atoms with Gasteiger partial charge in [0.25, 0.3) is 5.91 Å². The molecule has 6 heteroatoms.